The predicted octanol–water partition coefficient (Wildman–Crippen LogP) is 6.50. The van der Waals surface area contributed by atoms with E-state index >= 15 is 4.57 Å². The van der Waals surface area contributed by atoms with Crippen LogP contribution >= 0.6 is 7.29 Å². The molecule has 202 valence electrons. The van der Waals surface area contributed by atoms with Gasteiger partial charge < -0.3 is 10.1 Å². The lowest BCUT2D eigenvalue weighted by Crippen LogP contribution is -2.58. The topological polar surface area (TPSA) is 67.4 Å². The van der Waals surface area contributed by atoms with Crippen LogP contribution < -0.4 is 21.0 Å². The largest absolute Gasteiger partial charge is 0.444 e. The van der Waals surface area contributed by atoms with Crippen molar-refractivity contribution in [1.82, 2.24) is 10.4 Å². The second-order valence-corrected chi connectivity index (χ2v) is 12.9. The van der Waals surface area contributed by atoms with Crippen molar-refractivity contribution in [2.24, 2.45) is 0 Å². The predicted molar refractivity (Wildman–Crippen MR) is 155 cm³/mol. The van der Waals surface area contributed by atoms with E-state index in [1.54, 1.807) is 32.9 Å². The fraction of sp³-hybridized carbons (Fsp3) is 0.219. The summed E-state index contributed by atoms with van der Waals surface area (Å²) in [7, 11) is -3.56. The van der Waals surface area contributed by atoms with Crippen molar-refractivity contribution >= 4 is 24.0 Å². The number of ether oxygens (including phenoxy) is 1. The SMILES string of the molecule is C[C@H](NC(=O)OC(C)(C)C)[C@](NP(=O)(c1ccccc1)c1ccccc1)(c1ccccc1)c1ccc(F)cc1. The lowest BCUT2D eigenvalue weighted by molar-refractivity contribution is 0.0487. The average Bonchev–Trinajstić information content (AvgIpc) is 2.92. The first kappa shape index (κ1) is 28.3. The molecular formula is C32H34FN2O3P. The number of amides is 1. The summed E-state index contributed by atoms with van der Waals surface area (Å²) >= 11 is 0. The quantitative estimate of drug-likeness (QED) is 0.249. The molecule has 0 unspecified atom stereocenters. The molecule has 0 aliphatic carbocycles. The molecule has 0 spiro atoms. The van der Waals surface area contributed by atoms with Gasteiger partial charge in [-0.3, -0.25) is 4.57 Å². The molecule has 0 aromatic heterocycles. The molecule has 0 aliphatic rings. The van der Waals surface area contributed by atoms with Crippen LogP contribution in [0.1, 0.15) is 38.8 Å². The first-order valence-electron chi connectivity index (χ1n) is 12.9. The molecule has 4 aromatic carbocycles. The zero-order chi connectivity index (χ0) is 28.1. The normalized spacial score (nSPS) is 14.2. The Morgan fingerprint density at radius 2 is 1.18 bits per heavy atom. The summed E-state index contributed by atoms with van der Waals surface area (Å²) in [5, 5.41) is 7.74. The Kier molecular flexibility index (Phi) is 8.39. The second kappa shape index (κ2) is 11.6. The molecule has 0 heterocycles. The number of rotatable bonds is 8. The summed E-state index contributed by atoms with van der Waals surface area (Å²) in [5.41, 5.74) is -0.600. The second-order valence-electron chi connectivity index (χ2n) is 10.4. The molecule has 4 rings (SSSR count). The van der Waals surface area contributed by atoms with Crippen LogP contribution in [0.25, 0.3) is 0 Å². The molecule has 0 radical (unpaired) electrons. The number of carbonyl (C=O) groups excluding carboxylic acids is 1. The zero-order valence-electron chi connectivity index (χ0n) is 22.6. The molecule has 0 saturated heterocycles. The highest BCUT2D eigenvalue weighted by Crippen LogP contribution is 2.47. The van der Waals surface area contributed by atoms with Gasteiger partial charge in [-0.25, -0.2) is 14.3 Å². The van der Waals surface area contributed by atoms with E-state index in [1.807, 2.05) is 97.9 Å². The number of benzene rings is 4. The van der Waals surface area contributed by atoms with Gasteiger partial charge in [0.2, 0.25) is 7.29 Å². The van der Waals surface area contributed by atoms with Crippen molar-refractivity contribution in [3.8, 4) is 0 Å². The van der Waals surface area contributed by atoms with Crippen LogP contribution in [0.3, 0.4) is 0 Å². The molecule has 0 fully saturated rings. The minimum absolute atomic E-state index is 0.400. The molecular weight excluding hydrogens is 510 g/mol. The van der Waals surface area contributed by atoms with E-state index in [0.29, 0.717) is 16.2 Å². The van der Waals surface area contributed by atoms with Gasteiger partial charge in [-0.05, 0) is 75.2 Å². The summed E-state index contributed by atoms with van der Waals surface area (Å²) in [6.45, 7) is 7.20. The Balaban J connectivity index is 1.98. The summed E-state index contributed by atoms with van der Waals surface area (Å²) in [6, 6.07) is 33.2. The maximum atomic E-state index is 15.3. The smallest absolute Gasteiger partial charge is 0.407 e. The first-order valence-corrected chi connectivity index (χ1v) is 14.6. The van der Waals surface area contributed by atoms with Crippen LogP contribution in [0.2, 0.25) is 0 Å². The van der Waals surface area contributed by atoms with Gasteiger partial charge in [0.25, 0.3) is 0 Å². The summed E-state index contributed by atoms with van der Waals surface area (Å²) in [6.07, 6.45) is -0.617. The molecule has 5 nitrogen and oxygen atoms in total. The van der Waals surface area contributed by atoms with E-state index in [-0.39, 0.29) is 0 Å². The van der Waals surface area contributed by atoms with Gasteiger partial charge in [-0.15, -0.1) is 0 Å². The third-order valence-electron chi connectivity index (χ3n) is 6.48. The number of halogens is 1. The van der Waals surface area contributed by atoms with Gasteiger partial charge in [0.15, 0.2) is 0 Å². The van der Waals surface area contributed by atoms with Gasteiger partial charge in [0.1, 0.15) is 11.4 Å². The van der Waals surface area contributed by atoms with Gasteiger partial charge in [0.05, 0.1) is 11.6 Å². The number of alkyl carbamates (subject to hydrolysis) is 1. The Hall–Kier alpha value is -3.73. The van der Waals surface area contributed by atoms with Crippen LogP contribution in [-0.4, -0.2) is 17.7 Å². The molecule has 7 heteroatoms. The van der Waals surface area contributed by atoms with E-state index in [9.17, 15) is 9.18 Å². The fourth-order valence-electron chi connectivity index (χ4n) is 4.70. The Morgan fingerprint density at radius 1 is 0.744 bits per heavy atom. The van der Waals surface area contributed by atoms with Gasteiger partial charge in [-0.1, -0.05) is 78.9 Å². The lowest BCUT2D eigenvalue weighted by atomic mass is 9.78. The van der Waals surface area contributed by atoms with Crippen molar-refractivity contribution in [1.29, 1.82) is 0 Å². The first-order chi connectivity index (χ1) is 18.5. The fourth-order valence-corrected chi connectivity index (χ4v) is 7.39. The van der Waals surface area contributed by atoms with Crippen molar-refractivity contribution in [2.45, 2.75) is 44.9 Å². The maximum Gasteiger partial charge on any atom is 0.407 e. The molecule has 4 aromatic rings. The summed E-state index contributed by atoms with van der Waals surface area (Å²) < 4.78 is 35.1. The van der Waals surface area contributed by atoms with Crippen LogP contribution in [-0.2, 0) is 14.8 Å². The van der Waals surface area contributed by atoms with Gasteiger partial charge in [0, 0.05) is 10.6 Å². The summed E-state index contributed by atoms with van der Waals surface area (Å²) in [4.78, 5) is 13.0. The Bertz CT molecular complexity index is 1380. The maximum absolute atomic E-state index is 15.3. The van der Waals surface area contributed by atoms with Crippen LogP contribution in [0.15, 0.2) is 115 Å². The van der Waals surface area contributed by atoms with E-state index < -0.39 is 36.4 Å². The van der Waals surface area contributed by atoms with Crippen molar-refractivity contribution in [3.63, 3.8) is 0 Å². The molecule has 2 N–H and O–H groups in total. The third-order valence-corrected chi connectivity index (χ3v) is 9.20. The monoisotopic (exact) mass is 544 g/mol. The number of hydrogen-bond donors (Lipinski definition) is 2. The highest BCUT2D eigenvalue weighted by Gasteiger charge is 2.47. The van der Waals surface area contributed by atoms with E-state index in [4.69, 9.17) is 4.74 Å². The minimum atomic E-state index is -3.56. The van der Waals surface area contributed by atoms with Crippen LogP contribution in [0.5, 0.6) is 0 Å². The number of hydrogen-bond acceptors (Lipinski definition) is 3. The number of carbonyl (C=O) groups is 1. The molecule has 1 amide bonds. The van der Waals surface area contributed by atoms with Crippen LogP contribution in [0, 0.1) is 5.82 Å². The Labute approximate surface area is 229 Å². The highest BCUT2D eigenvalue weighted by atomic mass is 31.2. The molecule has 0 bridgehead atoms. The van der Waals surface area contributed by atoms with E-state index in [0.717, 1.165) is 5.56 Å². The van der Waals surface area contributed by atoms with Crippen LogP contribution in [0.4, 0.5) is 9.18 Å². The van der Waals surface area contributed by atoms with Crippen molar-refractivity contribution in [3.05, 3.63) is 132 Å². The molecule has 0 saturated carbocycles. The molecule has 0 aliphatic heterocycles. The van der Waals surface area contributed by atoms with E-state index in [2.05, 4.69) is 10.4 Å². The standard InChI is InChI=1S/C32H34FN2O3P/c1-24(34-30(36)38-31(2,3)4)32(25-14-8-5-9-15-25,26-20-22-27(33)23-21-26)35-39(37,28-16-10-6-11-17-28)29-18-12-7-13-19-29/h5-24H,1-4H3,(H,34,36)(H,35,37)/t24-,32-/m0/s1. The third kappa shape index (κ3) is 6.30. The molecule has 2 atom stereocenters. The Morgan fingerprint density at radius 3 is 1.64 bits per heavy atom. The lowest BCUT2D eigenvalue weighted by Gasteiger charge is -2.44. The number of nitrogens with one attached hydrogen (secondary N) is 2. The van der Waals surface area contributed by atoms with Crippen molar-refractivity contribution < 1.29 is 18.5 Å². The minimum Gasteiger partial charge on any atom is -0.444 e. The zero-order valence-corrected chi connectivity index (χ0v) is 23.5. The van der Waals surface area contributed by atoms with Gasteiger partial charge >= 0.3 is 6.09 Å². The average molecular weight is 545 g/mol. The van der Waals surface area contributed by atoms with E-state index in [1.165, 1.54) is 12.1 Å². The van der Waals surface area contributed by atoms with Gasteiger partial charge in [-0.2, -0.15) is 0 Å². The highest BCUT2D eigenvalue weighted by molar-refractivity contribution is 7.77. The van der Waals surface area contributed by atoms with Crippen molar-refractivity contribution in [2.75, 3.05) is 0 Å². The molecule has 39 heavy (non-hydrogen) atoms. The summed E-state index contributed by atoms with van der Waals surface area (Å²) in [5.74, 6) is -0.400.